The summed E-state index contributed by atoms with van der Waals surface area (Å²) in [5, 5.41) is 1.18. The van der Waals surface area contributed by atoms with Crippen LogP contribution in [0, 0.1) is 5.92 Å². The maximum absolute atomic E-state index is 12.0. The normalized spacial score (nSPS) is 25.9. The van der Waals surface area contributed by atoms with Crippen LogP contribution in [0.4, 0.5) is 5.82 Å². The highest BCUT2D eigenvalue weighted by molar-refractivity contribution is 5.91. The molecule has 0 saturated carbocycles. The summed E-state index contributed by atoms with van der Waals surface area (Å²) in [7, 11) is 0. The summed E-state index contributed by atoms with van der Waals surface area (Å²) < 4.78 is 5.56. The van der Waals surface area contributed by atoms with E-state index in [0.29, 0.717) is 17.9 Å². The number of aromatic nitrogens is 3. The van der Waals surface area contributed by atoms with Gasteiger partial charge in [-0.15, -0.1) is 0 Å². The second-order valence-electron chi connectivity index (χ2n) is 8.14. The van der Waals surface area contributed by atoms with E-state index in [4.69, 9.17) is 9.72 Å². The van der Waals surface area contributed by atoms with Crippen LogP contribution in [0.2, 0.25) is 0 Å². The second kappa shape index (κ2) is 7.20. The minimum Gasteiger partial charge on any atom is -0.381 e. The molecule has 2 aromatic heterocycles. The molecule has 2 atom stereocenters. The Labute approximate surface area is 164 Å². The second-order valence-corrected chi connectivity index (χ2v) is 8.14. The van der Waals surface area contributed by atoms with Crippen LogP contribution >= 0.6 is 0 Å². The fourth-order valence-electron chi connectivity index (χ4n) is 5.29. The van der Waals surface area contributed by atoms with Gasteiger partial charge in [0.2, 0.25) is 5.91 Å². The van der Waals surface area contributed by atoms with Gasteiger partial charge in [0.15, 0.2) is 0 Å². The summed E-state index contributed by atoms with van der Waals surface area (Å²) in [5.74, 6) is 2.10. The maximum Gasteiger partial charge on any atom is 0.245 e. The Balaban J connectivity index is 1.46. The van der Waals surface area contributed by atoms with Crippen molar-refractivity contribution in [2.45, 2.75) is 37.6 Å². The minimum absolute atomic E-state index is 0.0498. The first kappa shape index (κ1) is 17.7. The molecule has 7 heteroatoms. The van der Waals surface area contributed by atoms with Crippen LogP contribution in [0.25, 0.3) is 11.0 Å². The fourth-order valence-corrected chi connectivity index (χ4v) is 5.29. The summed E-state index contributed by atoms with van der Waals surface area (Å²) in [5.41, 5.74) is 2.26. The first-order valence-electron chi connectivity index (χ1n) is 10.3. The number of H-pyrrole nitrogens is 1. The average molecular weight is 381 g/mol. The van der Waals surface area contributed by atoms with Gasteiger partial charge < -0.3 is 19.5 Å². The zero-order chi connectivity index (χ0) is 19.1. The molecule has 28 heavy (non-hydrogen) atoms. The summed E-state index contributed by atoms with van der Waals surface area (Å²) in [6.45, 7) is 7.87. The molecule has 0 bridgehead atoms. The monoisotopic (exact) mass is 381 g/mol. The minimum atomic E-state index is 0.0498. The molecule has 2 aromatic rings. The molecule has 3 aliphatic heterocycles. The van der Waals surface area contributed by atoms with E-state index in [9.17, 15) is 4.79 Å². The van der Waals surface area contributed by atoms with Crippen molar-refractivity contribution >= 4 is 22.8 Å². The number of nitrogens with one attached hydrogen (secondary N) is 1. The molecule has 148 valence electrons. The molecule has 5 heterocycles. The molecule has 0 radical (unpaired) electrons. The highest BCUT2D eigenvalue weighted by atomic mass is 16.5. The van der Waals surface area contributed by atoms with Gasteiger partial charge >= 0.3 is 0 Å². The summed E-state index contributed by atoms with van der Waals surface area (Å²) >= 11 is 0. The van der Waals surface area contributed by atoms with Gasteiger partial charge in [0.05, 0.1) is 5.39 Å². The van der Waals surface area contributed by atoms with E-state index in [1.807, 2.05) is 4.90 Å². The van der Waals surface area contributed by atoms with Crippen LogP contribution in [0.1, 0.15) is 37.2 Å². The molecular weight excluding hydrogens is 354 g/mol. The number of hydrogen-bond donors (Lipinski definition) is 1. The third-order valence-electron chi connectivity index (χ3n) is 6.73. The van der Waals surface area contributed by atoms with Crippen molar-refractivity contribution in [1.29, 1.82) is 0 Å². The van der Waals surface area contributed by atoms with Crippen LogP contribution in [0.5, 0.6) is 0 Å². The lowest BCUT2D eigenvalue weighted by molar-refractivity contribution is -0.127. The van der Waals surface area contributed by atoms with Crippen LogP contribution in [0.15, 0.2) is 25.2 Å². The number of carbonyl (C=O) groups excluding carboxylic acids is 1. The summed E-state index contributed by atoms with van der Waals surface area (Å²) in [4.78, 5) is 29.0. The maximum atomic E-state index is 12.0. The Morgan fingerprint density at radius 1 is 1.21 bits per heavy atom. The first-order valence-corrected chi connectivity index (χ1v) is 10.3. The molecule has 3 saturated heterocycles. The van der Waals surface area contributed by atoms with Gasteiger partial charge in [-0.2, -0.15) is 0 Å². The number of ether oxygens (including phenoxy) is 1. The van der Waals surface area contributed by atoms with Crippen molar-refractivity contribution in [3.63, 3.8) is 0 Å². The van der Waals surface area contributed by atoms with Gasteiger partial charge in [-0.25, -0.2) is 9.97 Å². The molecule has 5 rings (SSSR count). The van der Waals surface area contributed by atoms with E-state index in [-0.39, 0.29) is 5.91 Å². The number of likely N-dealkylation sites (tertiary alicyclic amines) is 1. The topological polar surface area (TPSA) is 74.4 Å². The van der Waals surface area contributed by atoms with E-state index < -0.39 is 0 Å². The van der Waals surface area contributed by atoms with Crippen molar-refractivity contribution in [3.05, 3.63) is 30.7 Å². The first-order chi connectivity index (χ1) is 13.8. The number of fused-ring (bicyclic) bond motifs is 2. The molecular formula is C21H27N5O2. The predicted octanol–water partition coefficient (Wildman–Crippen LogP) is 2.47. The Bertz CT molecular complexity index is 888. The number of amides is 1. The number of anilines is 1. The van der Waals surface area contributed by atoms with E-state index >= 15 is 0 Å². The third-order valence-corrected chi connectivity index (χ3v) is 6.73. The number of carbonyl (C=O) groups is 1. The lowest BCUT2D eigenvalue weighted by Gasteiger charge is -2.38. The highest BCUT2D eigenvalue weighted by Crippen LogP contribution is 2.40. The van der Waals surface area contributed by atoms with Gasteiger partial charge in [-0.05, 0) is 49.2 Å². The van der Waals surface area contributed by atoms with Crippen LogP contribution < -0.4 is 4.90 Å². The van der Waals surface area contributed by atoms with Crippen molar-refractivity contribution in [1.82, 2.24) is 19.9 Å². The number of nitrogens with zero attached hydrogens (tertiary/aromatic N) is 4. The highest BCUT2D eigenvalue weighted by Gasteiger charge is 2.40. The summed E-state index contributed by atoms with van der Waals surface area (Å²) in [6, 6.07) is 0.435. The number of rotatable bonds is 3. The summed E-state index contributed by atoms with van der Waals surface area (Å²) in [6.07, 6.45) is 9.39. The third kappa shape index (κ3) is 2.89. The average Bonchev–Trinajstić information content (AvgIpc) is 3.37. The van der Waals surface area contributed by atoms with Gasteiger partial charge in [-0.3, -0.25) is 4.79 Å². The molecule has 0 aliphatic carbocycles. The van der Waals surface area contributed by atoms with E-state index in [1.54, 1.807) is 6.33 Å². The van der Waals surface area contributed by atoms with Gasteiger partial charge in [0.1, 0.15) is 17.8 Å². The fraction of sp³-hybridized carbons (Fsp3) is 0.571. The van der Waals surface area contributed by atoms with Crippen LogP contribution in [-0.4, -0.2) is 64.6 Å². The van der Waals surface area contributed by atoms with Gasteiger partial charge in [-0.1, -0.05) is 6.58 Å². The zero-order valence-electron chi connectivity index (χ0n) is 16.1. The molecule has 0 spiro atoms. The molecule has 0 aromatic carbocycles. The Morgan fingerprint density at radius 2 is 2.07 bits per heavy atom. The smallest absolute Gasteiger partial charge is 0.245 e. The largest absolute Gasteiger partial charge is 0.381 e. The number of hydrogen-bond acceptors (Lipinski definition) is 5. The van der Waals surface area contributed by atoms with E-state index in [0.717, 1.165) is 70.0 Å². The van der Waals surface area contributed by atoms with E-state index in [1.165, 1.54) is 17.0 Å². The van der Waals surface area contributed by atoms with Gasteiger partial charge in [0.25, 0.3) is 0 Å². The Morgan fingerprint density at radius 3 is 2.89 bits per heavy atom. The molecule has 3 aliphatic rings. The predicted molar refractivity (Wildman–Crippen MR) is 107 cm³/mol. The van der Waals surface area contributed by atoms with Crippen molar-refractivity contribution in [3.8, 4) is 0 Å². The lowest BCUT2D eigenvalue weighted by Crippen LogP contribution is -2.47. The molecule has 1 amide bonds. The molecule has 1 N–H and O–H groups in total. The standard InChI is InChI=1S/C21H27N5O2/c1-2-18(27)25-7-4-17-15(12-25)3-8-26(17)21-19-16(14-5-9-28-10-6-14)11-22-20(19)23-13-24-21/h2,11,13-15,17H,1,3-10,12H2,(H,22,23,24)/t15-,17+/m0/s1. The van der Waals surface area contributed by atoms with Crippen molar-refractivity contribution < 1.29 is 9.53 Å². The zero-order valence-corrected chi connectivity index (χ0v) is 16.1. The number of aromatic amines is 1. The Hall–Kier alpha value is -2.41. The lowest BCUT2D eigenvalue weighted by atomic mass is 9.91. The quantitative estimate of drug-likeness (QED) is 0.827. The number of piperidine rings is 1. The van der Waals surface area contributed by atoms with Crippen LogP contribution in [-0.2, 0) is 9.53 Å². The van der Waals surface area contributed by atoms with Crippen molar-refractivity contribution in [2.75, 3.05) is 37.7 Å². The van der Waals surface area contributed by atoms with E-state index in [2.05, 4.69) is 27.6 Å². The molecule has 7 nitrogen and oxygen atoms in total. The van der Waals surface area contributed by atoms with Crippen molar-refractivity contribution in [2.24, 2.45) is 5.92 Å². The van der Waals surface area contributed by atoms with Gasteiger partial charge in [0, 0.05) is 45.1 Å². The molecule has 3 fully saturated rings. The molecule has 0 unspecified atom stereocenters. The Kier molecular flexibility index (Phi) is 4.55. The SMILES string of the molecule is C=CC(=O)N1CC[C@@H]2[C@@H](CCN2c2ncnc3[nH]cc(C4CCOCC4)c23)C1. The van der Waals surface area contributed by atoms with Crippen LogP contribution in [0.3, 0.4) is 0 Å².